The first kappa shape index (κ1) is 27.9. The molecule has 0 spiro atoms. The van der Waals surface area contributed by atoms with Gasteiger partial charge in [0, 0.05) is 36.5 Å². The summed E-state index contributed by atoms with van der Waals surface area (Å²) < 4.78 is 21.5. The number of pyridine rings is 2. The number of esters is 1. The van der Waals surface area contributed by atoms with Gasteiger partial charge in [-0.2, -0.15) is 0 Å². The third-order valence-corrected chi connectivity index (χ3v) is 8.08. The van der Waals surface area contributed by atoms with E-state index < -0.39 is 17.7 Å². The molecular formula is C35H27FN6O3. The zero-order chi connectivity index (χ0) is 31.1. The van der Waals surface area contributed by atoms with Crippen molar-refractivity contribution in [2.75, 3.05) is 25.9 Å². The van der Waals surface area contributed by atoms with E-state index in [0.29, 0.717) is 41.5 Å². The Hall–Kier alpha value is -5.90. The van der Waals surface area contributed by atoms with Crippen molar-refractivity contribution in [2.45, 2.75) is 5.92 Å². The van der Waals surface area contributed by atoms with Crippen LogP contribution in [0.3, 0.4) is 0 Å². The molecule has 10 heteroatoms. The summed E-state index contributed by atoms with van der Waals surface area (Å²) >= 11 is 0. The van der Waals surface area contributed by atoms with Crippen LogP contribution in [0.25, 0.3) is 39.5 Å². The first-order chi connectivity index (χ1) is 21.9. The van der Waals surface area contributed by atoms with Gasteiger partial charge in [-0.15, -0.1) is 0 Å². The molecule has 1 fully saturated rings. The monoisotopic (exact) mass is 598 g/mol. The van der Waals surface area contributed by atoms with Gasteiger partial charge in [-0.25, -0.2) is 24.1 Å². The average Bonchev–Trinajstić information content (AvgIpc) is 3.43. The van der Waals surface area contributed by atoms with Crippen molar-refractivity contribution in [1.82, 2.24) is 24.4 Å². The average molecular weight is 599 g/mol. The number of amides is 1. The molecule has 9 nitrogen and oxygen atoms in total. The summed E-state index contributed by atoms with van der Waals surface area (Å²) in [6.07, 6.45) is 1.64. The van der Waals surface area contributed by atoms with Gasteiger partial charge in [0.2, 0.25) is 0 Å². The Bertz CT molecular complexity index is 2070. The highest BCUT2D eigenvalue weighted by Crippen LogP contribution is 2.34. The minimum absolute atomic E-state index is 0.0747. The number of nitrogen functional groups attached to an aromatic ring is 1. The molecule has 1 aliphatic rings. The fourth-order valence-corrected chi connectivity index (χ4v) is 5.64. The van der Waals surface area contributed by atoms with Crippen LogP contribution in [-0.4, -0.2) is 56.5 Å². The number of rotatable bonds is 6. The lowest BCUT2D eigenvalue weighted by Gasteiger charge is -2.39. The number of carbonyl (C=O) groups is 2. The van der Waals surface area contributed by atoms with Crippen LogP contribution in [0.5, 0.6) is 0 Å². The zero-order valence-corrected chi connectivity index (χ0v) is 24.2. The molecular weight excluding hydrogens is 571 g/mol. The van der Waals surface area contributed by atoms with Crippen molar-refractivity contribution in [2.24, 2.45) is 0 Å². The summed E-state index contributed by atoms with van der Waals surface area (Å²) in [6, 6.07) is 29.7. The number of fused-ring (bicyclic) bond motifs is 1. The van der Waals surface area contributed by atoms with Crippen LogP contribution in [0.2, 0.25) is 0 Å². The number of anilines is 1. The Labute approximate surface area is 257 Å². The van der Waals surface area contributed by atoms with Crippen molar-refractivity contribution in [3.63, 3.8) is 0 Å². The molecule has 1 saturated heterocycles. The molecule has 222 valence electrons. The van der Waals surface area contributed by atoms with Crippen LogP contribution < -0.4 is 5.73 Å². The molecule has 0 atom stereocenters. The largest absolute Gasteiger partial charge is 0.465 e. The molecule has 0 radical (unpaired) electrons. The molecule has 0 bridgehead atoms. The third kappa shape index (κ3) is 4.96. The molecule has 3 aromatic heterocycles. The number of benzene rings is 3. The SMILES string of the molecule is COC(=O)c1cccc(C(=O)N2CC(c3ccc(-n4c(-c5cccnc5N)nc5ccc(-c6ccccc6)nc54)cc3)C2)c1F. The quantitative estimate of drug-likeness (QED) is 0.238. The highest BCUT2D eigenvalue weighted by molar-refractivity contribution is 5.99. The molecule has 7 rings (SSSR count). The van der Waals surface area contributed by atoms with Gasteiger partial charge in [0.25, 0.3) is 5.91 Å². The number of likely N-dealkylation sites (tertiary alicyclic amines) is 1. The Morgan fingerprint density at radius 2 is 1.62 bits per heavy atom. The molecule has 0 saturated carbocycles. The second kappa shape index (κ2) is 11.3. The topological polar surface area (TPSA) is 116 Å². The summed E-state index contributed by atoms with van der Waals surface area (Å²) in [5, 5.41) is 0. The van der Waals surface area contributed by atoms with Crippen LogP contribution >= 0.6 is 0 Å². The molecule has 6 aromatic rings. The van der Waals surface area contributed by atoms with Crippen molar-refractivity contribution >= 4 is 28.9 Å². The summed E-state index contributed by atoms with van der Waals surface area (Å²) in [4.78, 5) is 40.7. The maximum absolute atomic E-state index is 14.9. The first-order valence-electron chi connectivity index (χ1n) is 14.3. The third-order valence-electron chi connectivity index (χ3n) is 8.08. The highest BCUT2D eigenvalue weighted by atomic mass is 19.1. The second-order valence-electron chi connectivity index (χ2n) is 10.8. The van der Waals surface area contributed by atoms with E-state index in [-0.39, 0.29) is 17.0 Å². The number of aromatic nitrogens is 4. The van der Waals surface area contributed by atoms with E-state index in [4.69, 9.17) is 15.7 Å². The van der Waals surface area contributed by atoms with E-state index in [1.807, 2.05) is 83.4 Å². The standard InChI is InChI=1S/C35H27FN6O3/c1-45-35(44)26-10-5-9-25(30(26)36)34(43)41-19-23(20-41)21-12-14-24(15-13-21)42-32(27-11-6-18-38-31(27)37)40-29-17-16-28(39-33(29)42)22-7-3-2-4-8-22/h2-18,23H,19-20H2,1H3,(H2,37,38). The Morgan fingerprint density at radius 3 is 2.36 bits per heavy atom. The first-order valence-corrected chi connectivity index (χ1v) is 14.3. The number of methoxy groups -OCH3 is 1. The van der Waals surface area contributed by atoms with E-state index in [2.05, 4.69) is 9.72 Å². The number of nitrogens with two attached hydrogens (primary N) is 1. The van der Waals surface area contributed by atoms with Gasteiger partial charge >= 0.3 is 5.97 Å². The molecule has 0 aliphatic carbocycles. The normalized spacial score (nSPS) is 13.1. The van der Waals surface area contributed by atoms with E-state index in [1.165, 1.54) is 25.3 Å². The maximum atomic E-state index is 14.9. The molecule has 1 aliphatic heterocycles. The number of halogens is 1. The molecule has 2 N–H and O–H groups in total. The number of imidazole rings is 1. The fourth-order valence-electron chi connectivity index (χ4n) is 5.64. The summed E-state index contributed by atoms with van der Waals surface area (Å²) in [6.45, 7) is 0.848. The van der Waals surface area contributed by atoms with Crippen LogP contribution in [0, 0.1) is 5.82 Å². The Balaban J connectivity index is 1.19. The lowest BCUT2D eigenvalue weighted by molar-refractivity contribution is 0.0589. The predicted octanol–water partition coefficient (Wildman–Crippen LogP) is 5.90. The Kier molecular flexibility index (Phi) is 7.01. The number of nitrogens with zero attached hydrogens (tertiary/aromatic N) is 5. The molecule has 3 aromatic carbocycles. The maximum Gasteiger partial charge on any atom is 0.340 e. The number of carbonyl (C=O) groups excluding carboxylic acids is 2. The fraction of sp³-hybridized carbons (Fsp3) is 0.114. The number of ether oxygens (including phenoxy) is 1. The number of hydrogen-bond acceptors (Lipinski definition) is 7. The minimum Gasteiger partial charge on any atom is -0.465 e. The van der Waals surface area contributed by atoms with Gasteiger partial charge < -0.3 is 15.4 Å². The molecule has 4 heterocycles. The van der Waals surface area contributed by atoms with Crippen LogP contribution in [0.1, 0.15) is 32.2 Å². The van der Waals surface area contributed by atoms with Crippen LogP contribution in [0.4, 0.5) is 10.2 Å². The minimum atomic E-state index is -0.871. The summed E-state index contributed by atoms with van der Waals surface area (Å²) in [5.74, 6) is -1.10. The molecule has 1 amide bonds. The number of hydrogen-bond donors (Lipinski definition) is 1. The van der Waals surface area contributed by atoms with Gasteiger partial charge in [0.1, 0.15) is 17.2 Å². The zero-order valence-electron chi connectivity index (χ0n) is 24.2. The Morgan fingerprint density at radius 1 is 0.867 bits per heavy atom. The lowest BCUT2D eigenvalue weighted by Crippen LogP contribution is -2.48. The van der Waals surface area contributed by atoms with Crippen molar-refractivity contribution in [3.8, 4) is 28.3 Å². The van der Waals surface area contributed by atoms with E-state index in [1.54, 1.807) is 11.1 Å². The van der Waals surface area contributed by atoms with Crippen molar-refractivity contribution in [1.29, 1.82) is 0 Å². The summed E-state index contributed by atoms with van der Waals surface area (Å²) in [5.41, 5.74) is 11.7. The van der Waals surface area contributed by atoms with Gasteiger partial charge in [-0.1, -0.05) is 48.5 Å². The van der Waals surface area contributed by atoms with Crippen LogP contribution in [-0.2, 0) is 4.74 Å². The smallest absolute Gasteiger partial charge is 0.340 e. The highest BCUT2D eigenvalue weighted by Gasteiger charge is 2.34. The van der Waals surface area contributed by atoms with Gasteiger partial charge in [-0.05, 0) is 54.1 Å². The van der Waals surface area contributed by atoms with Gasteiger partial charge in [-0.3, -0.25) is 9.36 Å². The van der Waals surface area contributed by atoms with Crippen LogP contribution in [0.15, 0.2) is 103 Å². The van der Waals surface area contributed by atoms with Gasteiger partial charge in [0.05, 0.1) is 29.5 Å². The van der Waals surface area contributed by atoms with Crippen molar-refractivity contribution < 1.29 is 18.7 Å². The second-order valence-corrected chi connectivity index (χ2v) is 10.8. The lowest BCUT2D eigenvalue weighted by atomic mass is 9.90. The predicted molar refractivity (Wildman–Crippen MR) is 168 cm³/mol. The van der Waals surface area contributed by atoms with E-state index in [0.717, 1.165) is 22.5 Å². The van der Waals surface area contributed by atoms with Gasteiger partial charge in [0.15, 0.2) is 11.5 Å². The van der Waals surface area contributed by atoms with Crippen molar-refractivity contribution in [3.05, 3.63) is 126 Å². The summed E-state index contributed by atoms with van der Waals surface area (Å²) in [7, 11) is 1.17. The van der Waals surface area contributed by atoms with E-state index in [9.17, 15) is 14.0 Å². The molecule has 45 heavy (non-hydrogen) atoms. The molecule has 0 unspecified atom stereocenters. The van der Waals surface area contributed by atoms with E-state index >= 15 is 0 Å².